The minimum Gasteiger partial charge on any atom is -0.245 e. The van der Waals surface area contributed by atoms with Crippen molar-refractivity contribution >= 4 is 32.8 Å². The topological polar surface area (TPSA) is 47.0 Å². The Bertz CT molecular complexity index is 1340. The second kappa shape index (κ2) is 7.91. The molecule has 0 saturated heterocycles. The number of halogens is 3. The predicted molar refractivity (Wildman–Crippen MR) is 116 cm³/mol. The lowest BCUT2D eigenvalue weighted by Crippen LogP contribution is -2.03. The quantitative estimate of drug-likeness (QED) is 0.349. The third-order valence-corrected chi connectivity index (χ3v) is 6.63. The zero-order valence-electron chi connectivity index (χ0n) is 15.6. The van der Waals surface area contributed by atoms with Crippen molar-refractivity contribution in [3.05, 3.63) is 82.1 Å². The van der Waals surface area contributed by atoms with Gasteiger partial charge < -0.3 is 0 Å². The van der Waals surface area contributed by atoms with E-state index in [2.05, 4.69) is 4.98 Å². The highest BCUT2D eigenvalue weighted by Crippen LogP contribution is 2.44. The number of thiazole rings is 1. The summed E-state index contributed by atoms with van der Waals surface area (Å²) < 4.78 is 52.7. The van der Waals surface area contributed by atoms with Gasteiger partial charge in [0.15, 0.2) is 9.84 Å². The third-order valence-electron chi connectivity index (χ3n) is 4.62. The minimum atomic E-state index is -3.66. The van der Waals surface area contributed by atoms with Gasteiger partial charge in [0.2, 0.25) is 0 Å². The van der Waals surface area contributed by atoms with Crippen molar-refractivity contribution in [2.24, 2.45) is 0 Å². The van der Waals surface area contributed by atoms with Crippen LogP contribution < -0.4 is 0 Å². The van der Waals surface area contributed by atoms with Gasteiger partial charge in [-0.2, -0.15) is 0 Å². The fourth-order valence-electron chi connectivity index (χ4n) is 3.31. The van der Waals surface area contributed by atoms with Crippen molar-refractivity contribution in [2.45, 2.75) is 4.90 Å². The molecular formula is C22H14ClF2NO2S2. The van der Waals surface area contributed by atoms with Crippen LogP contribution in [0.2, 0.25) is 5.02 Å². The summed E-state index contributed by atoms with van der Waals surface area (Å²) >= 11 is 7.40. The van der Waals surface area contributed by atoms with Crippen LogP contribution in [-0.4, -0.2) is 19.7 Å². The van der Waals surface area contributed by atoms with E-state index < -0.39 is 21.5 Å². The van der Waals surface area contributed by atoms with E-state index in [9.17, 15) is 17.2 Å². The molecule has 0 amide bonds. The molecule has 0 aliphatic heterocycles. The average Bonchev–Trinajstić information content (AvgIpc) is 3.24. The smallest absolute Gasteiger partial charge is 0.176 e. The van der Waals surface area contributed by atoms with Gasteiger partial charge in [-0.3, -0.25) is 0 Å². The molecule has 3 aromatic carbocycles. The van der Waals surface area contributed by atoms with Crippen LogP contribution in [0.1, 0.15) is 0 Å². The van der Waals surface area contributed by atoms with Crippen molar-refractivity contribution < 1.29 is 17.2 Å². The van der Waals surface area contributed by atoms with Gasteiger partial charge in [-0.25, -0.2) is 22.2 Å². The maximum Gasteiger partial charge on any atom is 0.176 e. The fraction of sp³-hybridized carbons (Fsp3) is 0.0455. The molecule has 152 valence electrons. The SMILES string of the molecule is CS(=O)(=O)c1ccc(-c2cscn2)c(-c2ccc(F)cc2)c1-c1ccc(F)c(Cl)c1. The summed E-state index contributed by atoms with van der Waals surface area (Å²) in [4.78, 5) is 4.42. The van der Waals surface area contributed by atoms with Crippen molar-refractivity contribution in [3.8, 4) is 33.5 Å². The molecule has 3 nitrogen and oxygen atoms in total. The molecule has 0 radical (unpaired) electrons. The molecular weight excluding hydrogens is 448 g/mol. The second-order valence-electron chi connectivity index (χ2n) is 6.64. The normalized spacial score (nSPS) is 11.6. The Morgan fingerprint density at radius 3 is 2.23 bits per heavy atom. The molecule has 0 bridgehead atoms. The van der Waals surface area contributed by atoms with Crippen LogP contribution in [-0.2, 0) is 9.84 Å². The van der Waals surface area contributed by atoms with Crippen LogP contribution in [0.25, 0.3) is 33.5 Å². The first kappa shape index (κ1) is 20.7. The van der Waals surface area contributed by atoms with Gasteiger partial charge in [0.1, 0.15) is 11.6 Å². The average molecular weight is 462 g/mol. The molecule has 1 aromatic heterocycles. The van der Waals surface area contributed by atoms with Crippen molar-refractivity contribution in [1.82, 2.24) is 4.98 Å². The third kappa shape index (κ3) is 3.88. The Hall–Kier alpha value is -2.61. The molecule has 0 atom stereocenters. The summed E-state index contributed by atoms with van der Waals surface area (Å²) in [5.74, 6) is -1.03. The number of sulfone groups is 1. The molecule has 4 aromatic rings. The maximum atomic E-state index is 13.8. The monoisotopic (exact) mass is 461 g/mol. The maximum absolute atomic E-state index is 13.8. The molecule has 8 heteroatoms. The largest absolute Gasteiger partial charge is 0.245 e. The van der Waals surface area contributed by atoms with Gasteiger partial charge in [-0.1, -0.05) is 35.9 Å². The van der Waals surface area contributed by atoms with Gasteiger partial charge in [0.25, 0.3) is 0 Å². The fourth-order valence-corrected chi connectivity index (χ4v) is 4.94. The van der Waals surface area contributed by atoms with E-state index in [4.69, 9.17) is 11.6 Å². The van der Waals surface area contributed by atoms with Crippen molar-refractivity contribution in [2.75, 3.05) is 6.26 Å². The zero-order chi connectivity index (χ0) is 21.5. The molecule has 0 spiro atoms. The van der Waals surface area contributed by atoms with E-state index >= 15 is 0 Å². The number of rotatable bonds is 4. The van der Waals surface area contributed by atoms with Crippen LogP contribution in [0, 0.1) is 11.6 Å². The van der Waals surface area contributed by atoms with Crippen LogP contribution >= 0.6 is 22.9 Å². The molecule has 0 unspecified atom stereocenters. The lowest BCUT2D eigenvalue weighted by molar-refractivity contribution is 0.602. The minimum absolute atomic E-state index is 0.0588. The molecule has 0 aliphatic carbocycles. The van der Waals surface area contributed by atoms with Crippen LogP contribution in [0.15, 0.2) is 70.4 Å². The van der Waals surface area contributed by atoms with Crippen LogP contribution in [0.5, 0.6) is 0 Å². The first-order valence-corrected chi connectivity index (χ1v) is 11.9. The Balaban J connectivity index is 2.17. The lowest BCUT2D eigenvalue weighted by Gasteiger charge is -2.19. The number of hydrogen-bond acceptors (Lipinski definition) is 4. The standard InChI is InChI=1S/C22H14ClF2NO2S2/c1-30(27,28)20-9-7-16(19-11-29-12-26-19)21(13-2-5-15(24)6-3-13)22(20)14-4-8-18(25)17(23)10-14/h2-12H,1H3. The van der Waals surface area contributed by atoms with E-state index in [-0.39, 0.29) is 9.92 Å². The molecule has 1 heterocycles. The van der Waals surface area contributed by atoms with Crippen molar-refractivity contribution in [3.63, 3.8) is 0 Å². The second-order valence-corrected chi connectivity index (χ2v) is 9.75. The molecule has 0 aliphatic rings. The van der Waals surface area contributed by atoms with Gasteiger partial charge in [-0.15, -0.1) is 11.3 Å². The first-order valence-electron chi connectivity index (χ1n) is 8.72. The van der Waals surface area contributed by atoms with E-state index in [1.165, 1.54) is 47.7 Å². The highest BCUT2D eigenvalue weighted by atomic mass is 35.5. The van der Waals surface area contributed by atoms with Gasteiger partial charge in [0, 0.05) is 28.3 Å². The van der Waals surface area contributed by atoms with Gasteiger partial charge in [-0.05, 0) is 41.5 Å². The Morgan fingerprint density at radius 1 is 0.933 bits per heavy atom. The highest BCUT2D eigenvalue weighted by molar-refractivity contribution is 7.90. The summed E-state index contributed by atoms with van der Waals surface area (Å²) in [6, 6.07) is 13.0. The number of nitrogens with zero attached hydrogens (tertiary/aromatic N) is 1. The van der Waals surface area contributed by atoms with E-state index in [0.29, 0.717) is 33.5 Å². The number of benzene rings is 3. The van der Waals surface area contributed by atoms with Gasteiger partial charge in [0.05, 0.1) is 21.1 Å². The summed E-state index contributed by atoms with van der Waals surface area (Å²) in [5.41, 5.74) is 4.92. The summed E-state index contributed by atoms with van der Waals surface area (Å²) in [6.07, 6.45) is 1.11. The number of aromatic nitrogens is 1. The first-order chi connectivity index (χ1) is 14.3. The summed E-state index contributed by atoms with van der Waals surface area (Å²) in [7, 11) is -3.66. The molecule has 30 heavy (non-hydrogen) atoms. The Labute approximate surface area is 181 Å². The highest BCUT2D eigenvalue weighted by Gasteiger charge is 2.24. The molecule has 0 N–H and O–H groups in total. The Kier molecular flexibility index (Phi) is 5.44. The zero-order valence-corrected chi connectivity index (χ0v) is 18.0. The van der Waals surface area contributed by atoms with Crippen molar-refractivity contribution in [1.29, 1.82) is 0 Å². The predicted octanol–water partition coefficient (Wildman–Crippen LogP) is 6.48. The summed E-state index contributed by atoms with van der Waals surface area (Å²) in [6.45, 7) is 0. The van der Waals surface area contributed by atoms with Crippen LogP contribution in [0.3, 0.4) is 0 Å². The van der Waals surface area contributed by atoms with E-state index in [1.54, 1.807) is 23.7 Å². The van der Waals surface area contributed by atoms with Gasteiger partial charge >= 0.3 is 0 Å². The van der Waals surface area contributed by atoms with Crippen LogP contribution in [0.4, 0.5) is 8.78 Å². The Morgan fingerprint density at radius 2 is 1.63 bits per heavy atom. The molecule has 0 saturated carbocycles. The van der Waals surface area contributed by atoms with E-state index in [1.807, 2.05) is 5.38 Å². The van der Waals surface area contributed by atoms with E-state index in [0.717, 1.165) is 6.26 Å². The number of hydrogen-bond donors (Lipinski definition) is 0. The molecule has 0 fully saturated rings. The summed E-state index contributed by atoms with van der Waals surface area (Å²) in [5, 5.41) is 1.71. The lowest BCUT2D eigenvalue weighted by atomic mass is 9.89. The molecule has 4 rings (SSSR count).